The first-order valence-electron chi connectivity index (χ1n) is 14.7. The lowest BCUT2D eigenvalue weighted by Gasteiger charge is -2.29. The van der Waals surface area contributed by atoms with Gasteiger partial charge in [-0.3, -0.25) is 14.4 Å². The molecule has 3 atom stereocenters. The van der Waals surface area contributed by atoms with Gasteiger partial charge in [-0.2, -0.15) is 0 Å². The van der Waals surface area contributed by atoms with Crippen molar-refractivity contribution in [1.82, 2.24) is 10.2 Å². The first kappa shape index (κ1) is 30.4. The van der Waals surface area contributed by atoms with Crippen molar-refractivity contribution < 1.29 is 14.4 Å². The molecule has 1 saturated carbocycles. The number of likely N-dealkylation sites (tertiary alicyclic amines) is 1. The van der Waals surface area contributed by atoms with Gasteiger partial charge < -0.3 is 16.0 Å². The highest BCUT2D eigenvalue weighted by Crippen LogP contribution is 2.35. The van der Waals surface area contributed by atoms with E-state index in [-0.39, 0.29) is 11.8 Å². The Morgan fingerprint density at radius 1 is 1.02 bits per heavy atom. The third kappa shape index (κ3) is 7.79. The van der Waals surface area contributed by atoms with Crippen LogP contribution in [0.5, 0.6) is 0 Å². The average molecular weight is 587 g/mol. The highest BCUT2D eigenvalue weighted by molar-refractivity contribution is 6.36. The van der Waals surface area contributed by atoms with E-state index in [1.807, 2.05) is 48.2 Å². The first-order chi connectivity index (χ1) is 19.3. The molecule has 216 valence electrons. The van der Waals surface area contributed by atoms with Crippen LogP contribution in [0.15, 0.2) is 42.5 Å². The summed E-state index contributed by atoms with van der Waals surface area (Å²) in [5.74, 6) is -1.28. The molecular weight excluding hydrogens is 545 g/mol. The lowest BCUT2D eigenvalue weighted by molar-refractivity contribution is -0.139. The molecule has 3 N–H and O–H groups in total. The molecule has 4 rings (SSSR count). The van der Waals surface area contributed by atoms with E-state index in [1.54, 1.807) is 6.07 Å². The van der Waals surface area contributed by atoms with Gasteiger partial charge in [0.15, 0.2) is 0 Å². The van der Waals surface area contributed by atoms with E-state index in [0.29, 0.717) is 48.3 Å². The molecule has 0 unspecified atom stereocenters. The fourth-order valence-electron chi connectivity index (χ4n) is 6.37. The van der Waals surface area contributed by atoms with Gasteiger partial charge in [0.2, 0.25) is 17.7 Å². The molecule has 2 fully saturated rings. The number of nitrogens with two attached hydrogens (primary N) is 1. The molecule has 2 aliphatic rings. The Morgan fingerprint density at radius 3 is 2.48 bits per heavy atom. The Balaban J connectivity index is 1.48. The molecule has 3 amide bonds. The van der Waals surface area contributed by atoms with Crippen molar-refractivity contribution in [2.45, 2.75) is 83.7 Å². The standard InChI is InChI=1S/C32H41Cl2N3O3/c1-2-8-26(30(35)38)27(18-21-9-3-4-10-21)31(39)36-29-13-5-6-16-37(32(29)40)20-22-11-7-12-23(17-22)25-15-14-24(33)19-28(25)34/h7,11-12,14-15,17,19,21,26-27,29H,2-6,8-10,13,16,18,20H2,1H3,(H2,35,38)(H,36,39)/t26-,27+,29-/m0/s1. The summed E-state index contributed by atoms with van der Waals surface area (Å²) in [6, 6.07) is 12.8. The van der Waals surface area contributed by atoms with Crippen molar-refractivity contribution >= 4 is 40.9 Å². The summed E-state index contributed by atoms with van der Waals surface area (Å²) in [5.41, 5.74) is 8.61. The number of halogens is 2. The zero-order chi connectivity index (χ0) is 28.6. The van der Waals surface area contributed by atoms with Gasteiger partial charge in [0, 0.05) is 40.5 Å². The van der Waals surface area contributed by atoms with E-state index in [4.69, 9.17) is 28.9 Å². The molecule has 2 aromatic carbocycles. The van der Waals surface area contributed by atoms with Crippen LogP contribution >= 0.6 is 23.2 Å². The predicted molar refractivity (Wildman–Crippen MR) is 161 cm³/mol. The lowest BCUT2D eigenvalue weighted by Crippen LogP contribution is -2.50. The highest BCUT2D eigenvalue weighted by atomic mass is 35.5. The minimum Gasteiger partial charge on any atom is -0.369 e. The third-order valence-electron chi connectivity index (χ3n) is 8.49. The summed E-state index contributed by atoms with van der Waals surface area (Å²) in [5, 5.41) is 4.23. The molecule has 6 nitrogen and oxygen atoms in total. The number of hydrogen-bond donors (Lipinski definition) is 2. The topological polar surface area (TPSA) is 92.5 Å². The van der Waals surface area contributed by atoms with Gasteiger partial charge in [0.25, 0.3) is 0 Å². The molecule has 2 aromatic rings. The maximum absolute atomic E-state index is 13.7. The van der Waals surface area contributed by atoms with Gasteiger partial charge in [-0.1, -0.05) is 86.5 Å². The Morgan fingerprint density at radius 2 is 1.77 bits per heavy atom. The maximum atomic E-state index is 13.7. The Labute approximate surface area is 248 Å². The second-order valence-electron chi connectivity index (χ2n) is 11.4. The molecular formula is C32H41Cl2N3O3. The quantitative estimate of drug-likeness (QED) is 0.305. The van der Waals surface area contributed by atoms with Crippen LogP contribution in [-0.2, 0) is 20.9 Å². The molecule has 1 aliphatic carbocycles. The molecule has 8 heteroatoms. The van der Waals surface area contributed by atoms with Crippen LogP contribution in [0.2, 0.25) is 10.0 Å². The molecule has 1 aliphatic heterocycles. The number of carbonyl (C=O) groups excluding carboxylic acids is 3. The number of amides is 3. The number of nitrogens with zero attached hydrogens (tertiary/aromatic N) is 1. The Hall–Kier alpha value is -2.57. The molecule has 1 saturated heterocycles. The summed E-state index contributed by atoms with van der Waals surface area (Å²) >= 11 is 12.5. The predicted octanol–water partition coefficient (Wildman–Crippen LogP) is 6.76. The summed E-state index contributed by atoms with van der Waals surface area (Å²) in [6.07, 6.45) is 8.80. The van der Waals surface area contributed by atoms with Gasteiger partial charge in [-0.25, -0.2) is 0 Å². The van der Waals surface area contributed by atoms with Crippen molar-refractivity contribution in [2.24, 2.45) is 23.5 Å². The normalized spacial score (nSPS) is 19.7. The minimum absolute atomic E-state index is 0.0773. The van der Waals surface area contributed by atoms with E-state index >= 15 is 0 Å². The summed E-state index contributed by atoms with van der Waals surface area (Å²) < 4.78 is 0. The summed E-state index contributed by atoms with van der Waals surface area (Å²) in [6.45, 7) is 3.07. The van der Waals surface area contributed by atoms with Gasteiger partial charge in [-0.05, 0) is 67.3 Å². The van der Waals surface area contributed by atoms with Crippen LogP contribution in [0.3, 0.4) is 0 Å². The van der Waals surface area contributed by atoms with E-state index in [1.165, 1.54) is 0 Å². The molecule has 1 heterocycles. The van der Waals surface area contributed by atoms with Crippen LogP contribution in [0.4, 0.5) is 0 Å². The number of primary amides is 1. The Kier molecular flexibility index (Phi) is 10.9. The fourth-order valence-corrected chi connectivity index (χ4v) is 6.89. The number of benzene rings is 2. The largest absolute Gasteiger partial charge is 0.369 e. The van der Waals surface area contributed by atoms with Crippen LogP contribution in [0.1, 0.15) is 76.7 Å². The second kappa shape index (κ2) is 14.4. The lowest BCUT2D eigenvalue weighted by atomic mass is 9.80. The number of nitrogens with one attached hydrogen (secondary N) is 1. The van der Waals surface area contributed by atoms with E-state index in [0.717, 1.165) is 61.6 Å². The van der Waals surface area contributed by atoms with Crippen molar-refractivity contribution in [2.75, 3.05) is 6.54 Å². The smallest absolute Gasteiger partial charge is 0.245 e. The number of carbonyl (C=O) groups is 3. The van der Waals surface area contributed by atoms with E-state index < -0.39 is 23.8 Å². The van der Waals surface area contributed by atoms with Gasteiger partial charge in [-0.15, -0.1) is 0 Å². The van der Waals surface area contributed by atoms with Crippen LogP contribution in [0.25, 0.3) is 11.1 Å². The van der Waals surface area contributed by atoms with E-state index in [9.17, 15) is 14.4 Å². The SMILES string of the molecule is CCC[C@H](C(N)=O)[C@@H](CC1CCCC1)C(=O)N[C@H]1CCCCN(Cc2cccc(-c3ccc(Cl)cc3Cl)c2)C1=O. The van der Waals surface area contributed by atoms with Crippen LogP contribution in [-0.4, -0.2) is 35.2 Å². The molecule has 40 heavy (non-hydrogen) atoms. The second-order valence-corrected chi connectivity index (χ2v) is 12.3. The summed E-state index contributed by atoms with van der Waals surface area (Å²) in [7, 11) is 0. The first-order valence-corrected chi connectivity index (χ1v) is 15.4. The number of hydrogen-bond acceptors (Lipinski definition) is 3. The van der Waals surface area contributed by atoms with Crippen molar-refractivity contribution in [3.05, 3.63) is 58.1 Å². The number of rotatable bonds is 11. The average Bonchev–Trinajstić information content (AvgIpc) is 3.38. The van der Waals surface area contributed by atoms with Gasteiger partial charge >= 0.3 is 0 Å². The highest BCUT2D eigenvalue weighted by Gasteiger charge is 2.37. The fraction of sp³-hybridized carbons (Fsp3) is 0.531. The van der Waals surface area contributed by atoms with Gasteiger partial charge in [0.1, 0.15) is 6.04 Å². The van der Waals surface area contributed by atoms with Crippen molar-refractivity contribution in [1.29, 1.82) is 0 Å². The molecule has 0 radical (unpaired) electrons. The Bertz CT molecular complexity index is 1200. The zero-order valence-electron chi connectivity index (χ0n) is 23.3. The monoisotopic (exact) mass is 585 g/mol. The van der Waals surface area contributed by atoms with E-state index in [2.05, 4.69) is 5.32 Å². The van der Waals surface area contributed by atoms with Crippen molar-refractivity contribution in [3.63, 3.8) is 0 Å². The summed E-state index contributed by atoms with van der Waals surface area (Å²) in [4.78, 5) is 41.6. The van der Waals surface area contributed by atoms with Crippen molar-refractivity contribution in [3.8, 4) is 11.1 Å². The maximum Gasteiger partial charge on any atom is 0.245 e. The minimum atomic E-state index is -0.606. The zero-order valence-corrected chi connectivity index (χ0v) is 24.9. The van der Waals surface area contributed by atoms with Crippen LogP contribution < -0.4 is 11.1 Å². The third-order valence-corrected chi connectivity index (χ3v) is 9.04. The molecule has 0 spiro atoms. The van der Waals surface area contributed by atoms with Gasteiger partial charge in [0.05, 0.1) is 0 Å². The molecule has 0 aromatic heterocycles. The molecule has 0 bridgehead atoms. The van der Waals surface area contributed by atoms with Crippen LogP contribution in [0, 0.1) is 17.8 Å².